The normalized spacial score (nSPS) is 10.9. The summed E-state index contributed by atoms with van der Waals surface area (Å²) in [4.78, 5) is 27.1. The number of rotatable bonds is 3. The van der Waals surface area contributed by atoms with Gasteiger partial charge in [-0.05, 0) is 34.7 Å². The van der Waals surface area contributed by atoms with Crippen molar-refractivity contribution in [3.63, 3.8) is 0 Å². The first-order valence-electron chi connectivity index (χ1n) is 5.80. The molecule has 0 aliphatic rings. The number of nitrogen functional groups attached to an aromatic ring is 1. The highest BCUT2D eigenvalue weighted by Gasteiger charge is 2.14. The van der Waals surface area contributed by atoms with Crippen LogP contribution in [-0.2, 0) is 0 Å². The number of nitrogens with two attached hydrogens (primary N) is 3. The fourth-order valence-corrected chi connectivity index (χ4v) is 2.73. The molecule has 0 aromatic carbocycles. The van der Waals surface area contributed by atoms with Gasteiger partial charge in [0.15, 0.2) is 5.65 Å². The van der Waals surface area contributed by atoms with Gasteiger partial charge in [0.25, 0.3) is 11.8 Å². The third-order valence-corrected chi connectivity index (χ3v) is 3.83. The Labute approximate surface area is 122 Å². The number of primary amides is 2. The van der Waals surface area contributed by atoms with Crippen LogP contribution in [0.15, 0.2) is 23.6 Å². The van der Waals surface area contributed by atoms with Gasteiger partial charge < -0.3 is 17.2 Å². The molecule has 0 radical (unpaired) electrons. The zero-order chi connectivity index (χ0) is 15.1. The number of hydrogen-bond donors (Lipinski definition) is 3. The van der Waals surface area contributed by atoms with E-state index in [-0.39, 0.29) is 11.6 Å². The van der Waals surface area contributed by atoms with E-state index in [4.69, 9.17) is 17.2 Å². The summed E-state index contributed by atoms with van der Waals surface area (Å²) in [5, 5.41) is 5.67. The molecule has 8 nitrogen and oxygen atoms in total. The van der Waals surface area contributed by atoms with E-state index in [1.807, 2.05) is 0 Å². The Kier molecular flexibility index (Phi) is 2.84. The van der Waals surface area contributed by atoms with Gasteiger partial charge in [0, 0.05) is 0 Å². The molecule has 0 aliphatic carbocycles. The molecule has 0 aliphatic heterocycles. The lowest BCUT2D eigenvalue weighted by Gasteiger charge is -2.03. The Morgan fingerprint density at radius 2 is 1.86 bits per heavy atom. The summed E-state index contributed by atoms with van der Waals surface area (Å²) in [6, 6.07) is 4.90. The summed E-state index contributed by atoms with van der Waals surface area (Å²) >= 11 is 1.22. The first kappa shape index (κ1) is 13.1. The highest BCUT2D eigenvalue weighted by molar-refractivity contribution is 7.12. The molecule has 0 bridgehead atoms. The van der Waals surface area contributed by atoms with Crippen LogP contribution in [0.25, 0.3) is 16.8 Å². The Hall–Kier alpha value is -2.94. The van der Waals surface area contributed by atoms with E-state index < -0.39 is 11.8 Å². The summed E-state index contributed by atoms with van der Waals surface area (Å²) in [5.41, 5.74) is 18.1. The van der Waals surface area contributed by atoms with E-state index in [9.17, 15) is 9.59 Å². The Morgan fingerprint density at radius 3 is 2.48 bits per heavy atom. The van der Waals surface area contributed by atoms with Gasteiger partial charge >= 0.3 is 0 Å². The minimum absolute atomic E-state index is 0.0396. The highest BCUT2D eigenvalue weighted by Crippen LogP contribution is 2.27. The second-order valence-corrected chi connectivity index (χ2v) is 5.21. The number of amides is 2. The predicted molar refractivity (Wildman–Crippen MR) is 77.7 cm³/mol. The van der Waals surface area contributed by atoms with Crippen LogP contribution in [-0.4, -0.2) is 26.4 Å². The Bertz CT molecular complexity index is 881. The second-order valence-electron chi connectivity index (χ2n) is 4.30. The SMILES string of the molecule is NC(=O)c1cc(-c2cc(C(N)=O)n3nc(N)nc3c2)cs1. The minimum Gasteiger partial charge on any atom is -0.366 e. The smallest absolute Gasteiger partial charge is 0.267 e. The van der Waals surface area contributed by atoms with E-state index in [0.717, 1.165) is 5.56 Å². The number of thiophene rings is 1. The number of anilines is 1. The van der Waals surface area contributed by atoms with E-state index >= 15 is 0 Å². The maximum atomic E-state index is 11.5. The Morgan fingerprint density at radius 1 is 1.10 bits per heavy atom. The average molecular weight is 302 g/mol. The van der Waals surface area contributed by atoms with E-state index in [2.05, 4.69) is 10.1 Å². The molecule has 0 saturated heterocycles. The molecule has 3 heterocycles. The van der Waals surface area contributed by atoms with Gasteiger partial charge in [-0.25, -0.2) is 4.52 Å². The van der Waals surface area contributed by atoms with Crippen molar-refractivity contribution >= 4 is 34.7 Å². The van der Waals surface area contributed by atoms with Crippen molar-refractivity contribution in [3.05, 3.63) is 34.2 Å². The molecule has 3 aromatic rings. The third kappa shape index (κ3) is 2.19. The molecule has 21 heavy (non-hydrogen) atoms. The molecule has 0 saturated carbocycles. The highest BCUT2D eigenvalue weighted by atomic mass is 32.1. The first-order chi connectivity index (χ1) is 9.95. The Balaban J connectivity index is 2.22. The summed E-state index contributed by atoms with van der Waals surface area (Å²) in [6.07, 6.45) is 0. The van der Waals surface area contributed by atoms with Gasteiger partial charge in [-0.2, -0.15) is 4.98 Å². The molecule has 0 atom stereocenters. The van der Waals surface area contributed by atoms with Gasteiger partial charge in [0.05, 0.1) is 4.88 Å². The lowest BCUT2D eigenvalue weighted by atomic mass is 10.1. The van der Waals surface area contributed by atoms with E-state index in [0.29, 0.717) is 16.1 Å². The maximum absolute atomic E-state index is 11.5. The fourth-order valence-electron chi connectivity index (χ4n) is 1.96. The maximum Gasteiger partial charge on any atom is 0.267 e. The van der Waals surface area contributed by atoms with Gasteiger partial charge in [-0.1, -0.05) is 0 Å². The van der Waals surface area contributed by atoms with Crippen molar-refractivity contribution in [3.8, 4) is 11.1 Å². The second kappa shape index (κ2) is 4.56. The minimum atomic E-state index is -0.655. The summed E-state index contributed by atoms with van der Waals surface area (Å²) in [6.45, 7) is 0. The van der Waals surface area contributed by atoms with Gasteiger partial charge in [0.2, 0.25) is 5.95 Å². The fraction of sp³-hybridized carbons (Fsp3) is 0. The zero-order valence-corrected chi connectivity index (χ0v) is 11.4. The van der Waals surface area contributed by atoms with Crippen molar-refractivity contribution in [1.29, 1.82) is 0 Å². The lowest BCUT2D eigenvalue weighted by molar-refractivity contribution is 0.0988. The quantitative estimate of drug-likeness (QED) is 0.635. The summed E-state index contributed by atoms with van der Waals surface area (Å²) in [5.74, 6) is -1.12. The number of carbonyl (C=O) groups excluding carboxylic acids is 2. The van der Waals surface area contributed by atoms with Crippen LogP contribution < -0.4 is 17.2 Å². The largest absolute Gasteiger partial charge is 0.366 e. The topological polar surface area (TPSA) is 142 Å². The molecule has 106 valence electrons. The molecular weight excluding hydrogens is 292 g/mol. The van der Waals surface area contributed by atoms with Crippen molar-refractivity contribution in [2.75, 3.05) is 5.73 Å². The van der Waals surface area contributed by atoms with Crippen LogP contribution in [0.1, 0.15) is 20.2 Å². The van der Waals surface area contributed by atoms with Crippen molar-refractivity contribution in [2.24, 2.45) is 11.5 Å². The number of aromatic nitrogens is 3. The summed E-state index contributed by atoms with van der Waals surface area (Å²) in [7, 11) is 0. The average Bonchev–Trinajstić information content (AvgIpc) is 3.01. The van der Waals surface area contributed by atoms with Gasteiger partial charge in [-0.15, -0.1) is 16.4 Å². The predicted octanol–water partition coefficient (Wildman–Crippen LogP) is 0.238. The van der Waals surface area contributed by atoms with Crippen LogP contribution in [0.2, 0.25) is 0 Å². The molecule has 2 amide bonds. The van der Waals surface area contributed by atoms with E-state index in [1.165, 1.54) is 15.9 Å². The molecule has 3 rings (SSSR count). The molecule has 3 aromatic heterocycles. The number of hydrogen-bond acceptors (Lipinski definition) is 6. The molecule has 9 heteroatoms. The zero-order valence-electron chi connectivity index (χ0n) is 10.6. The van der Waals surface area contributed by atoms with Crippen molar-refractivity contribution in [2.45, 2.75) is 0 Å². The number of carbonyl (C=O) groups is 2. The number of pyridine rings is 1. The third-order valence-electron chi connectivity index (χ3n) is 2.88. The van der Waals surface area contributed by atoms with Gasteiger partial charge in [-0.3, -0.25) is 9.59 Å². The van der Waals surface area contributed by atoms with Gasteiger partial charge in [0.1, 0.15) is 5.69 Å². The lowest BCUT2D eigenvalue weighted by Crippen LogP contribution is -2.16. The first-order valence-corrected chi connectivity index (χ1v) is 6.68. The standard InChI is InChI=1S/C12H10N6O2S/c13-10(19)7-1-5(3-9-16-12(15)17-18(7)9)6-2-8(11(14)20)21-4-6/h1-4H,(H2,13,19)(H2,14,20)(H2,15,17). The van der Waals surface area contributed by atoms with Crippen molar-refractivity contribution in [1.82, 2.24) is 14.6 Å². The van der Waals surface area contributed by atoms with Crippen LogP contribution in [0.5, 0.6) is 0 Å². The number of fused-ring (bicyclic) bond motifs is 1. The molecule has 0 fully saturated rings. The van der Waals surface area contributed by atoms with Crippen LogP contribution in [0.4, 0.5) is 5.95 Å². The molecular formula is C12H10N6O2S. The molecule has 0 spiro atoms. The number of nitrogens with zero attached hydrogens (tertiary/aromatic N) is 3. The summed E-state index contributed by atoms with van der Waals surface area (Å²) < 4.78 is 1.28. The molecule has 0 unspecified atom stereocenters. The van der Waals surface area contributed by atoms with E-state index in [1.54, 1.807) is 23.6 Å². The van der Waals surface area contributed by atoms with Crippen LogP contribution >= 0.6 is 11.3 Å². The molecule has 6 N–H and O–H groups in total. The monoisotopic (exact) mass is 302 g/mol. The van der Waals surface area contributed by atoms with Crippen LogP contribution in [0.3, 0.4) is 0 Å². The van der Waals surface area contributed by atoms with Crippen molar-refractivity contribution < 1.29 is 9.59 Å². The van der Waals surface area contributed by atoms with Crippen LogP contribution in [0, 0.1) is 0 Å².